The van der Waals surface area contributed by atoms with E-state index in [0.29, 0.717) is 22.2 Å². The van der Waals surface area contributed by atoms with Crippen LogP contribution in [0.25, 0.3) is 10.8 Å². The van der Waals surface area contributed by atoms with Gasteiger partial charge in [0.15, 0.2) is 0 Å². The highest BCUT2D eigenvalue weighted by Crippen LogP contribution is 2.30. The monoisotopic (exact) mass is 359 g/mol. The van der Waals surface area contributed by atoms with Crippen LogP contribution >= 0.6 is 0 Å². The van der Waals surface area contributed by atoms with Gasteiger partial charge in [0.2, 0.25) is 0 Å². The van der Waals surface area contributed by atoms with Gasteiger partial charge < -0.3 is 9.84 Å². The van der Waals surface area contributed by atoms with Crippen LogP contribution in [0, 0.1) is 0 Å². The van der Waals surface area contributed by atoms with Gasteiger partial charge in [0.1, 0.15) is 11.5 Å². The predicted molar refractivity (Wildman–Crippen MR) is 91.5 cm³/mol. The van der Waals surface area contributed by atoms with Gasteiger partial charge in [0.05, 0.1) is 4.90 Å². The molecule has 0 bridgehead atoms. The number of phenols is 1. The number of nitrogens with one attached hydrogen (secondary N) is 1. The highest BCUT2D eigenvalue weighted by atomic mass is 32.2. The third-order valence-electron chi connectivity index (χ3n) is 3.40. The molecule has 0 saturated carbocycles. The molecule has 0 aromatic heterocycles. The lowest BCUT2D eigenvalue weighted by Crippen LogP contribution is -2.16. The lowest BCUT2D eigenvalue weighted by atomic mass is 10.1. The second kappa shape index (κ2) is 6.42. The predicted octanol–water partition coefficient (Wildman–Crippen LogP) is 3.40. The fourth-order valence-corrected chi connectivity index (χ4v) is 2.82. The molecule has 0 aliphatic heterocycles. The molecule has 0 aliphatic rings. The Morgan fingerprint density at radius 3 is 2.40 bits per heavy atom. The van der Waals surface area contributed by atoms with Crippen LogP contribution in [0.4, 0.5) is 10.5 Å². The Morgan fingerprint density at radius 1 is 1.00 bits per heavy atom. The fraction of sp³-hybridized carbons (Fsp3) is 0. The maximum atomic E-state index is 11.9. The van der Waals surface area contributed by atoms with Gasteiger partial charge >= 0.3 is 6.09 Å². The molecule has 0 atom stereocenters. The number of hydrogen-bond acceptors (Lipinski definition) is 5. The molecule has 8 heteroatoms. The van der Waals surface area contributed by atoms with Gasteiger partial charge in [-0.1, -0.05) is 18.2 Å². The van der Waals surface area contributed by atoms with Crippen LogP contribution in [0.5, 0.6) is 11.5 Å². The van der Waals surface area contributed by atoms with E-state index in [1.54, 1.807) is 30.3 Å². The quantitative estimate of drug-likeness (QED) is 0.618. The van der Waals surface area contributed by atoms with Gasteiger partial charge in [-0.15, -0.1) is 0 Å². The van der Waals surface area contributed by atoms with Crippen molar-refractivity contribution in [2.24, 2.45) is 0 Å². The van der Waals surface area contributed by atoms with Crippen LogP contribution in [0.3, 0.4) is 0 Å². The zero-order valence-electron chi connectivity index (χ0n) is 12.7. The van der Waals surface area contributed by atoms with Gasteiger partial charge in [0.25, 0.3) is 10.1 Å². The Kier molecular flexibility index (Phi) is 4.30. The first-order valence-electron chi connectivity index (χ1n) is 7.11. The number of para-hydroxylation sites is 1. The number of ether oxygens (including phenoxy) is 1. The van der Waals surface area contributed by atoms with Crippen LogP contribution < -0.4 is 10.1 Å². The van der Waals surface area contributed by atoms with Crippen molar-refractivity contribution in [3.63, 3.8) is 0 Å². The zero-order valence-corrected chi connectivity index (χ0v) is 13.5. The summed E-state index contributed by atoms with van der Waals surface area (Å²) in [6.07, 6.45) is -0.722. The van der Waals surface area contributed by atoms with Crippen molar-refractivity contribution in [3.05, 3.63) is 60.7 Å². The van der Waals surface area contributed by atoms with E-state index >= 15 is 0 Å². The molecular weight excluding hydrogens is 346 g/mol. The van der Waals surface area contributed by atoms with Gasteiger partial charge in [-0.05, 0) is 41.8 Å². The number of amides is 1. The normalized spacial score (nSPS) is 11.2. The molecule has 0 spiro atoms. The molecule has 0 aliphatic carbocycles. The first-order chi connectivity index (χ1) is 11.8. The number of fused-ring (bicyclic) bond motifs is 1. The molecular formula is C17H13NO6S. The van der Waals surface area contributed by atoms with Crippen molar-refractivity contribution in [2.45, 2.75) is 4.90 Å². The van der Waals surface area contributed by atoms with Gasteiger partial charge in [-0.3, -0.25) is 9.87 Å². The molecule has 0 heterocycles. The molecule has 3 rings (SSSR count). The Balaban J connectivity index is 1.89. The van der Waals surface area contributed by atoms with E-state index in [9.17, 15) is 18.3 Å². The molecule has 0 radical (unpaired) electrons. The number of benzene rings is 3. The Morgan fingerprint density at radius 2 is 1.72 bits per heavy atom. The largest absolute Gasteiger partial charge is 0.507 e. The second-order valence-electron chi connectivity index (χ2n) is 5.18. The van der Waals surface area contributed by atoms with E-state index in [-0.39, 0.29) is 5.75 Å². The summed E-state index contributed by atoms with van der Waals surface area (Å²) in [5, 5.41) is 13.1. The lowest BCUT2D eigenvalue weighted by molar-refractivity contribution is 0.215. The summed E-state index contributed by atoms with van der Waals surface area (Å²) >= 11 is 0. The summed E-state index contributed by atoms with van der Waals surface area (Å²) in [6, 6.07) is 15.1. The van der Waals surface area contributed by atoms with Gasteiger partial charge in [-0.2, -0.15) is 8.42 Å². The fourth-order valence-electron chi connectivity index (χ4n) is 2.29. The van der Waals surface area contributed by atoms with Crippen molar-refractivity contribution in [2.75, 3.05) is 5.32 Å². The number of rotatable bonds is 3. The van der Waals surface area contributed by atoms with Crippen molar-refractivity contribution >= 4 is 32.7 Å². The van der Waals surface area contributed by atoms with Crippen molar-refractivity contribution in [1.29, 1.82) is 0 Å². The minimum atomic E-state index is -4.47. The summed E-state index contributed by atoms with van der Waals surface area (Å²) in [5.74, 6) is 0.0654. The van der Waals surface area contributed by atoms with Gasteiger partial charge in [-0.25, -0.2) is 4.79 Å². The van der Waals surface area contributed by atoms with E-state index in [1.807, 2.05) is 0 Å². The number of carbonyl (C=O) groups is 1. The van der Waals surface area contributed by atoms with E-state index in [0.717, 1.165) is 6.07 Å². The number of anilines is 1. The molecule has 25 heavy (non-hydrogen) atoms. The van der Waals surface area contributed by atoms with E-state index in [4.69, 9.17) is 9.29 Å². The lowest BCUT2D eigenvalue weighted by Gasteiger charge is -2.09. The second-order valence-corrected chi connectivity index (χ2v) is 6.60. The number of aromatic hydroxyl groups is 1. The molecule has 0 unspecified atom stereocenters. The van der Waals surface area contributed by atoms with Gasteiger partial charge in [0, 0.05) is 17.1 Å². The van der Waals surface area contributed by atoms with Crippen molar-refractivity contribution < 1.29 is 27.6 Å². The smallest absolute Gasteiger partial charge is 0.417 e. The van der Waals surface area contributed by atoms with Crippen LogP contribution in [-0.2, 0) is 10.1 Å². The topological polar surface area (TPSA) is 113 Å². The van der Waals surface area contributed by atoms with Crippen LogP contribution in [0.2, 0.25) is 0 Å². The Labute approximate surface area is 143 Å². The first kappa shape index (κ1) is 16.7. The molecule has 0 saturated heterocycles. The summed E-state index contributed by atoms with van der Waals surface area (Å²) in [7, 11) is -4.47. The number of hydrogen-bond donors (Lipinski definition) is 3. The van der Waals surface area contributed by atoms with Crippen LogP contribution in [0.1, 0.15) is 0 Å². The highest BCUT2D eigenvalue weighted by molar-refractivity contribution is 7.85. The van der Waals surface area contributed by atoms with Crippen molar-refractivity contribution in [1.82, 2.24) is 0 Å². The van der Waals surface area contributed by atoms with E-state index in [1.165, 1.54) is 24.3 Å². The molecule has 7 nitrogen and oxygen atoms in total. The third kappa shape index (κ3) is 3.87. The summed E-state index contributed by atoms with van der Waals surface area (Å²) in [4.78, 5) is 11.4. The van der Waals surface area contributed by atoms with Crippen LogP contribution in [0.15, 0.2) is 65.6 Å². The molecule has 3 aromatic carbocycles. The minimum absolute atomic E-state index is 0.302. The first-order valence-corrected chi connectivity index (χ1v) is 8.55. The highest BCUT2D eigenvalue weighted by Gasteiger charge is 2.14. The molecule has 1 amide bonds. The Hall–Kier alpha value is -3.10. The summed E-state index contributed by atoms with van der Waals surface area (Å²) in [5.41, 5.74) is 0.334. The Bertz CT molecular complexity index is 1050. The third-order valence-corrected chi connectivity index (χ3v) is 4.23. The standard InChI is InChI=1S/C17H13NO6S/c19-16-10-14(25(21,22)23)9-11-8-12(6-7-15(11)16)18-17(20)24-13-4-2-1-3-5-13/h1-10,19H,(H,18,20)(H,21,22,23). The maximum Gasteiger partial charge on any atom is 0.417 e. The maximum absolute atomic E-state index is 11.9. The molecule has 0 fully saturated rings. The summed E-state index contributed by atoms with van der Waals surface area (Å²) < 4.78 is 36.7. The van der Waals surface area contributed by atoms with Crippen molar-refractivity contribution in [3.8, 4) is 11.5 Å². The SMILES string of the molecule is O=C(Nc1ccc2c(O)cc(S(=O)(=O)O)cc2c1)Oc1ccccc1. The van der Waals surface area contributed by atoms with E-state index in [2.05, 4.69) is 5.32 Å². The number of phenolic OH excluding ortho intramolecular Hbond substituents is 1. The van der Waals surface area contributed by atoms with Crippen LogP contribution in [-0.4, -0.2) is 24.2 Å². The summed E-state index contributed by atoms with van der Waals surface area (Å²) in [6.45, 7) is 0. The number of carbonyl (C=O) groups excluding carboxylic acids is 1. The average Bonchev–Trinajstić information content (AvgIpc) is 2.54. The minimum Gasteiger partial charge on any atom is -0.507 e. The molecule has 3 aromatic rings. The van der Waals surface area contributed by atoms with E-state index < -0.39 is 21.1 Å². The zero-order chi connectivity index (χ0) is 18.0. The average molecular weight is 359 g/mol. The molecule has 3 N–H and O–H groups in total. The molecule has 128 valence electrons.